The van der Waals surface area contributed by atoms with Gasteiger partial charge < -0.3 is 10.6 Å². The van der Waals surface area contributed by atoms with Gasteiger partial charge in [-0.05, 0) is 45.8 Å². The predicted molar refractivity (Wildman–Crippen MR) is 64.4 cm³/mol. The van der Waals surface area contributed by atoms with E-state index in [1.807, 2.05) is 0 Å². The van der Waals surface area contributed by atoms with Crippen molar-refractivity contribution in [1.82, 2.24) is 14.7 Å². The Kier molecular flexibility index (Phi) is 2.39. The van der Waals surface area contributed by atoms with Gasteiger partial charge in [0.1, 0.15) is 5.82 Å². The summed E-state index contributed by atoms with van der Waals surface area (Å²) in [5.74, 6) is 1.56. The highest BCUT2D eigenvalue weighted by Gasteiger charge is 2.28. The van der Waals surface area contributed by atoms with Crippen molar-refractivity contribution in [3.63, 3.8) is 0 Å². The van der Waals surface area contributed by atoms with Gasteiger partial charge in [-0.2, -0.15) is 5.10 Å². The highest BCUT2D eigenvalue weighted by molar-refractivity contribution is 5.34. The molecule has 1 saturated heterocycles. The van der Waals surface area contributed by atoms with Gasteiger partial charge in [-0.25, -0.2) is 4.68 Å². The molecule has 1 saturated carbocycles. The van der Waals surface area contributed by atoms with Gasteiger partial charge in [0, 0.05) is 12.0 Å². The summed E-state index contributed by atoms with van der Waals surface area (Å²) in [6.07, 6.45) is 4.94. The summed E-state index contributed by atoms with van der Waals surface area (Å²) in [7, 11) is 2.18. The lowest BCUT2D eigenvalue weighted by Crippen LogP contribution is -2.32. The third-order valence-corrected chi connectivity index (χ3v) is 3.81. The van der Waals surface area contributed by atoms with Gasteiger partial charge in [0.05, 0.1) is 11.7 Å². The average Bonchev–Trinajstić information content (AvgIpc) is 3.04. The molecule has 16 heavy (non-hydrogen) atoms. The van der Waals surface area contributed by atoms with Gasteiger partial charge in [0.2, 0.25) is 0 Å². The minimum absolute atomic E-state index is 0.517. The molecular formula is C12H20N4. The molecule has 2 heterocycles. The number of likely N-dealkylation sites (tertiary alicyclic amines) is 1. The fraction of sp³-hybridized carbons (Fsp3) is 0.750. The van der Waals surface area contributed by atoms with E-state index in [2.05, 4.69) is 22.7 Å². The molecule has 0 spiro atoms. The Hall–Kier alpha value is -1.03. The van der Waals surface area contributed by atoms with E-state index in [0.29, 0.717) is 12.0 Å². The summed E-state index contributed by atoms with van der Waals surface area (Å²) in [6.45, 7) is 2.31. The summed E-state index contributed by atoms with van der Waals surface area (Å²) >= 11 is 0. The van der Waals surface area contributed by atoms with Crippen molar-refractivity contribution < 1.29 is 0 Å². The van der Waals surface area contributed by atoms with Crippen LogP contribution in [-0.4, -0.2) is 34.8 Å². The molecule has 4 heteroatoms. The van der Waals surface area contributed by atoms with Gasteiger partial charge in [-0.15, -0.1) is 0 Å². The maximum Gasteiger partial charge on any atom is 0.122 e. The normalized spacial score (nSPS) is 23.8. The van der Waals surface area contributed by atoms with Crippen molar-refractivity contribution in [1.29, 1.82) is 0 Å². The van der Waals surface area contributed by atoms with Crippen molar-refractivity contribution in [2.24, 2.45) is 0 Å². The van der Waals surface area contributed by atoms with Crippen LogP contribution in [0.15, 0.2) is 6.07 Å². The zero-order chi connectivity index (χ0) is 11.1. The van der Waals surface area contributed by atoms with Crippen LogP contribution in [0.1, 0.15) is 43.3 Å². The first-order valence-electron chi connectivity index (χ1n) is 6.27. The standard InChI is InChI=1S/C12H20N4/c1-15-6-4-10(5-7-15)16-12(13)8-11(14-16)9-2-3-9/h8-10H,2-7,13H2,1H3. The largest absolute Gasteiger partial charge is 0.384 e. The number of piperidine rings is 1. The van der Waals surface area contributed by atoms with Crippen LogP contribution in [0.4, 0.5) is 5.82 Å². The molecule has 0 atom stereocenters. The van der Waals surface area contributed by atoms with Gasteiger partial charge in [-0.3, -0.25) is 0 Å². The molecule has 0 unspecified atom stereocenters. The summed E-state index contributed by atoms with van der Waals surface area (Å²) in [4.78, 5) is 2.37. The smallest absolute Gasteiger partial charge is 0.122 e. The fourth-order valence-corrected chi connectivity index (χ4v) is 2.54. The van der Waals surface area contributed by atoms with Gasteiger partial charge in [0.25, 0.3) is 0 Å². The van der Waals surface area contributed by atoms with Crippen molar-refractivity contribution >= 4 is 5.82 Å². The summed E-state index contributed by atoms with van der Waals surface area (Å²) < 4.78 is 2.07. The van der Waals surface area contributed by atoms with E-state index in [0.717, 1.165) is 18.9 Å². The summed E-state index contributed by atoms with van der Waals surface area (Å²) in [6, 6.07) is 2.60. The summed E-state index contributed by atoms with van der Waals surface area (Å²) in [5.41, 5.74) is 7.28. The molecule has 0 amide bonds. The van der Waals surface area contributed by atoms with E-state index in [9.17, 15) is 0 Å². The molecule has 2 aliphatic rings. The van der Waals surface area contributed by atoms with Crippen LogP contribution in [0.25, 0.3) is 0 Å². The van der Waals surface area contributed by atoms with E-state index in [-0.39, 0.29) is 0 Å². The van der Waals surface area contributed by atoms with Crippen molar-refractivity contribution in [3.05, 3.63) is 11.8 Å². The number of anilines is 1. The number of hydrogen-bond donors (Lipinski definition) is 1. The van der Waals surface area contributed by atoms with E-state index in [4.69, 9.17) is 10.8 Å². The lowest BCUT2D eigenvalue weighted by molar-refractivity contribution is 0.213. The second kappa shape index (κ2) is 3.77. The monoisotopic (exact) mass is 220 g/mol. The Morgan fingerprint density at radius 3 is 2.56 bits per heavy atom. The molecule has 0 bridgehead atoms. The Morgan fingerprint density at radius 2 is 1.94 bits per heavy atom. The number of hydrogen-bond acceptors (Lipinski definition) is 3. The second-order valence-electron chi connectivity index (χ2n) is 5.25. The first kappa shape index (κ1) is 10.1. The van der Waals surface area contributed by atoms with Crippen molar-refractivity contribution in [2.75, 3.05) is 25.9 Å². The van der Waals surface area contributed by atoms with Gasteiger partial charge in [-0.1, -0.05) is 0 Å². The molecule has 1 aliphatic carbocycles. The molecule has 0 radical (unpaired) electrons. The highest BCUT2D eigenvalue weighted by Crippen LogP contribution is 2.40. The SMILES string of the molecule is CN1CCC(n2nc(C3CC3)cc2N)CC1. The maximum absolute atomic E-state index is 6.06. The fourth-order valence-electron chi connectivity index (χ4n) is 2.54. The van der Waals surface area contributed by atoms with Gasteiger partial charge >= 0.3 is 0 Å². The third kappa shape index (κ3) is 1.82. The molecule has 3 rings (SSSR count). The minimum Gasteiger partial charge on any atom is -0.384 e. The molecule has 1 aliphatic heterocycles. The number of nitrogens with zero attached hydrogens (tertiary/aromatic N) is 3. The maximum atomic E-state index is 6.06. The molecule has 1 aromatic rings. The van der Waals surface area contributed by atoms with Crippen LogP contribution >= 0.6 is 0 Å². The van der Waals surface area contributed by atoms with E-state index < -0.39 is 0 Å². The number of nitrogens with two attached hydrogens (primary N) is 1. The van der Waals surface area contributed by atoms with Crippen molar-refractivity contribution in [2.45, 2.75) is 37.6 Å². The summed E-state index contributed by atoms with van der Waals surface area (Å²) in [5, 5.41) is 4.69. The topological polar surface area (TPSA) is 47.1 Å². The van der Waals surface area contributed by atoms with Crippen LogP contribution in [0.2, 0.25) is 0 Å². The zero-order valence-corrected chi connectivity index (χ0v) is 9.89. The number of aromatic nitrogens is 2. The van der Waals surface area contributed by atoms with Crippen LogP contribution in [-0.2, 0) is 0 Å². The van der Waals surface area contributed by atoms with Crippen LogP contribution in [0.3, 0.4) is 0 Å². The lowest BCUT2D eigenvalue weighted by atomic mass is 10.1. The Bertz CT molecular complexity index is 372. The molecule has 4 nitrogen and oxygen atoms in total. The van der Waals surface area contributed by atoms with E-state index >= 15 is 0 Å². The van der Waals surface area contributed by atoms with Crippen molar-refractivity contribution in [3.8, 4) is 0 Å². The van der Waals surface area contributed by atoms with E-state index in [1.54, 1.807) is 0 Å². The van der Waals surface area contributed by atoms with Crippen LogP contribution in [0.5, 0.6) is 0 Å². The minimum atomic E-state index is 0.517. The first-order valence-corrected chi connectivity index (χ1v) is 6.27. The Morgan fingerprint density at radius 1 is 1.25 bits per heavy atom. The molecule has 1 aromatic heterocycles. The van der Waals surface area contributed by atoms with Crippen LogP contribution < -0.4 is 5.73 Å². The average molecular weight is 220 g/mol. The second-order valence-corrected chi connectivity index (χ2v) is 5.25. The van der Waals surface area contributed by atoms with E-state index in [1.165, 1.54) is 31.4 Å². The molecule has 2 N–H and O–H groups in total. The molecular weight excluding hydrogens is 200 g/mol. The predicted octanol–water partition coefficient (Wildman–Crippen LogP) is 1.61. The highest BCUT2D eigenvalue weighted by atomic mass is 15.3. The molecule has 2 fully saturated rings. The number of rotatable bonds is 2. The van der Waals surface area contributed by atoms with Crippen LogP contribution in [0, 0.1) is 0 Å². The third-order valence-electron chi connectivity index (χ3n) is 3.81. The molecule has 88 valence electrons. The van der Waals surface area contributed by atoms with Gasteiger partial charge in [0.15, 0.2) is 0 Å². The first-order chi connectivity index (χ1) is 7.74. The molecule has 0 aromatic carbocycles. The number of nitrogen functional groups attached to an aromatic ring is 1. The lowest BCUT2D eigenvalue weighted by Gasteiger charge is -2.29. The Balaban J connectivity index is 1.77. The Labute approximate surface area is 96.4 Å². The zero-order valence-electron chi connectivity index (χ0n) is 9.89. The quantitative estimate of drug-likeness (QED) is 0.823.